The van der Waals surface area contributed by atoms with Crippen LogP contribution in [-0.4, -0.2) is 44.2 Å². The van der Waals surface area contributed by atoms with Gasteiger partial charge >= 0.3 is 0 Å². The van der Waals surface area contributed by atoms with Crippen molar-refractivity contribution in [1.82, 2.24) is 10.2 Å². The summed E-state index contributed by atoms with van der Waals surface area (Å²) in [4.78, 5) is 2.44. The van der Waals surface area contributed by atoms with Crippen LogP contribution in [0.4, 0.5) is 0 Å². The van der Waals surface area contributed by atoms with Crippen molar-refractivity contribution in [2.45, 2.75) is 0 Å². The lowest BCUT2D eigenvalue weighted by atomic mass is 10.1. The molecule has 0 aliphatic carbocycles. The van der Waals surface area contributed by atoms with Crippen molar-refractivity contribution in [2.75, 3.05) is 39.3 Å². The first-order chi connectivity index (χ1) is 10.4. The Morgan fingerprint density at radius 2 is 1.52 bits per heavy atom. The molecule has 0 bridgehead atoms. The van der Waals surface area contributed by atoms with Crippen LogP contribution in [-0.2, 0) is 0 Å². The summed E-state index contributed by atoms with van der Waals surface area (Å²) in [5.74, 6) is 0.949. The number of hydrogen-bond acceptors (Lipinski definition) is 3. The number of nitrogens with zero attached hydrogens (tertiary/aromatic N) is 1. The van der Waals surface area contributed by atoms with Gasteiger partial charge in [0.05, 0.1) is 0 Å². The van der Waals surface area contributed by atoms with E-state index >= 15 is 0 Å². The number of benzene rings is 2. The molecule has 0 aromatic heterocycles. The van der Waals surface area contributed by atoms with E-state index in [1.54, 1.807) is 0 Å². The lowest BCUT2D eigenvalue weighted by Crippen LogP contribution is -2.44. The van der Waals surface area contributed by atoms with Crippen LogP contribution < -0.4 is 10.1 Å². The molecule has 21 heavy (non-hydrogen) atoms. The van der Waals surface area contributed by atoms with Gasteiger partial charge < -0.3 is 10.1 Å². The Kier molecular flexibility index (Phi) is 4.87. The molecule has 3 nitrogen and oxygen atoms in total. The Morgan fingerprint density at radius 3 is 2.24 bits per heavy atom. The molecule has 1 heterocycles. The second-order valence-corrected chi connectivity index (χ2v) is 5.33. The minimum atomic E-state index is 0.755. The van der Waals surface area contributed by atoms with Crippen molar-refractivity contribution in [3.05, 3.63) is 54.6 Å². The van der Waals surface area contributed by atoms with Gasteiger partial charge in [-0.1, -0.05) is 42.5 Å². The highest BCUT2D eigenvalue weighted by atomic mass is 16.5. The molecule has 1 saturated heterocycles. The molecule has 1 aliphatic rings. The van der Waals surface area contributed by atoms with Crippen LogP contribution in [0.3, 0.4) is 0 Å². The zero-order valence-electron chi connectivity index (χ0n) is 12.3. The lowest BCUT2D eigenvalue weighted by molar-refractivity contribution is 0.191. The number of rotatable bonds is 5. The largest absolute Gasteiger partial charge is 0.492 e. The van der Waals surface area contributed by atoms with E-state index in [0.717, 1.165) is 45.1 Å². The monoisotopic (exact) mass is 282 g/mol. The van der Waals surface area contributed by atoms with Crippen molar-refractivity contribution in [1.29, 1.82) is 0 Å². The van der Waals surface area contributed by atoms with E-state index in [1.165, 1.54) is 11.1 Å². The predicted molar refractivity (Wildman–Crippen MR) is 86.7 cm³/mol. The molecule has 2 aromatic rings. The van der Waals surface area contributed by atoms with E-state index in [2.05, 4.69) is 58.7 Å². The summed E-state index contributed by atoms with van der Waals surface area (Å²) in [7, 11) is 0. The zero-order valence-corrected chi connectivity index (χ0v) is 12.3. The maximum Gasteiger partial charge on any atom is 0.119 e. The van der Waals surface area contributed by atoms with E-state index in [9.17, 15) is 0 Å². The Morgan fingerprint density at radius 1 is 0.857 bits per heavy atom. The van der Waals surface area contributed by atoms with Gasteiger partial charge in [-0.25, -0.2) is 0 Å². The second kappa shape index (κ2) is 7.25. The van der Waals surface area contributed by atoms with Crippen molar-refractivity contribution in [2.24, 2.45) is 0 Å². The number of ether oxygens (including phenoxy) is 1. The molecule has 0 radical (unpaired) electrons. The van der Waals surface area contributed by atoms with Gasteiger partial charge in [-0.2, -0.15) is 0 Å². The van der Waals surface area contributed by atoms with Crippen LogP contribution in [0, 0.1) is 0 Å². The first-order valence-corrected chi connectivity index (χ1v) is 7.63. The zero-order chi connectivity index (χ0) is 14.3. The molecule has 0 spiro atoms. The average Bonchev–Trinajstić information content (AvgIpc) is 2.57. The number of nitrogens with one attached hydrogen (secondary N) is 1. The number of hydrogen-bond donors (Lipinski definition) is 1. The Hall–Kier alpha value is -1.84. The standard InChI is InChI=1S/C18H22N2O/c1-2-4-16(5-3-1)17-6-8-18(9-7-17)21-15-14-20-12-10-19-11-13-20/h1-9,19H,10-15H2. The molecule has 2 aromatic carbocycles. The summed E-state index contributed by atoms with van der Waals surface area (Å²) in [6, 6.07) is 18.8. The lowest BCUT2D eigenvalue weighted by Gasteiger charge is -2.26. The minimum Gasteiger partial charge on any atom is -0.492 e. The summed E-state index contributed by atoms with van der Waals surface area (Å²) >= 11 is 0. The molecule has 110 valence electrons. The highest BCUT2D eigenvalue weighted by molar-refractivity contribution is 5.63. The maximum atomic E-state index is 5.84. The Labute approximate surface area is 126 Å². The quantitative estimate of drug-likeness (QED) is 0.912. The van der Waals surface area contributed by atoms with Crippen molar-refractivity contribution in [3.63, 3.8) is 0 Å². The third kappa shape index (κ3) is 4.06. The molecule has 0 saturated carbocycles. The second-order valence-electron chi connectivity index (χ2n) is 5.33. The molecular weight excluding hydrogens is 260 g/mol. The molecule has 1 aliphatic heterocycles. The molecule has 1 fully saturated rings. The fraction of sp³-hybridized carbons (Fsp3) is 0.333. The first kappa shape index (κ1) is 14.1. The van der Waals surface area contributed by atoms with Gasteiger partial charge in [0.25, 0.3) is 0 Å². The Bertz CT molecular complexity index is 533. The van der Waals surface area contributed by atoms with Gasteiger partial charge in [0.15, 0.2) is 0 Å². The van der Waals surface area contributed by atoms with Gasteiger partial charge in [-0.3, -0.25) is 4.90 Å². The van der Waals surface area contributed by atoms with Crippen LogP contribution in [0.1, 0.15) is 0 Å². The van der Waals surface area contributed by atoms with E-state index < -0.39 is 0 Å². The summed E-state index contributed by atoms with van der Waals surface area (Å²) in [6.45, 7) is 6.18. The number of piperazine rings is 1. The van der Waals surface area contributed by atoms with Gasteiger partial charge in [-0.05, 0) is 23.3 Å². The van der Waals surface area contributed by atoms with Crippen LogP contribution in [0.5, 0.6) is 5.75 Å². The van der Waals surface area contributed by atoms with Crippen molar-refractivity contribution >= 4 is 0 Å². The normalized spacial score (nSPS) is 15.8. The molecule has 0 amide bonds. The maximum absolute atomic E-state index is 5.84. The third-order valence-electron chi connectivity index (χ3n) is 3.85. The minimum absolute atomic E-state index is 0.755. The predicted octanol–water partition coefficient (Wildman–Crippen LogP) is 2.64. The smallest absolute Gasteiger partial charge is 0.119 e. The average molecular weight is 282 g/mol. The molecule has 0 atom stereocenters. The van der Waals surface area contributed by atoms with Crippen LogP contribution in [0.15, 0.2) is 54.6 Å². The molecular formula is C18H22N2O. The summed E-state index contributed by atoms with van der Waals surface area (Å²) < 4.78 is 5.84. The third-order valence-corrected chi connectivity index (χ3v) is 3.85. The highest BCUT2D eigenvalue weighted by Crippen LogP contribution is 2.21. The van der Waals surface area contributed by atoms with Gasteiger partial charge in [0.2, 0.25) is 0 Å². The van der Waals surface area contributed by atoms with E-state index in [1.807, 2.05) is 6.07 Å². The SMILES string of the molecule is c1ccc(-c2ccc(OCCN3CCNCC3)cc2)cc1. The van der Waals surface area contributed by atoms with Gasteiger partial charge in [-0.15, -0.1) is 0 Å². The van der Waals surface area contributed by atoms with Gasteiger partial charge in [0, 0.05) is 32.7 Å². The van der Waals surface area contributed by atoms with E-state index in [0.29, 0.717) is 0 Å². The fourth-order valence-electron chi connectivity index (χ4n) is 2.60. The van der Waals surface area contributed by atoms with Crippen LogP contribution in [0.25, 0.3) is 11.1 Å². The first-order valence-electron chi connectivity index (χ1n) is 7.63. The van der Waals surface area contributed by atoms with Crippen LogP contribution in [0.2, 0.25) is 0 Å². The van der Waals surface area contributed by atoms with E-state index in [-0.39, 0.29) is 0 Å². The highest BCUT2D eigenvalue weighted by Gasteiger charge is 2.08. The van der Waals surface area contributed by atoms with Crippen LogP contribution >= 0.6 is 0 Å². The summed E-state index contributed by atoms with van der Waals surface area (Å²) in [5, 5.41) is 3.36. The fourth-order valence-corrected chi connectivity index (χ4v) is 2.60. The molecule has 1 N–H and O–H groups in total. The summed E-state index contributed by atoms with van der Waals surface area (Å²) in [5.41, 5.74) is 2.47. The molecule has 3 heteroatoms. The molecule has 0 unspecified atom stereocenters. The summed E-state index contributed by atoms with van der Waals surface area (Å²) in [6.07, 6.45) is 0. The van der Waals surface area contributed by atoms with Crippen molar-refractivity contribution < 1.29 is 4.74 Å². The Balaban J connectivity index is 1.50. The van der Waals surface area contributed by atoms with Gasteiger partial charge in [0.1, 0.15) is 12.4 Å². The van der Waals surface area contributed by atoms with Crippen molar-refractivity contribution in [3.8, 4) is 16.9 Å². The topological polar surface area (TPSA) is 24.5 Å². The molecule has 3 rings (SSSR count). The van der Waals surface area contributed by atoms with E-state index in [4.69, 9.17) is 4.74 Å².